The van der Waals surface area contributed by atoms with Gasteiger partial charge in [-0.1, -0.05) is 32.4 Å². The minimum Gasteiger partial charge on any atom is -0.393 e. The monoisotopic (exact) mass is 417 g/mol. The Kier molecular flexibility index (Phi) is 5.27. The summed E-state index contributed by atoms with van der Waals surface area (Å²) >= 11 is 0. The van der Waals surface area contributed by atoms with Crippen molar-refractivity contribution in [2.75, 3.05) is 6.54 Å². The van der Waals surface area contributed by atoms with Crippen LogP contribution in [0.1, 0.15) is 59.3 Å². The number of ketones is 1. The van der Waals surface area contributed by atoms with Crippen molar-refractivity contribution in [3.63, 3.8) is 0 Å². The van der Waals surface area contributed by atoms with E-state index in [-0.39, 0.29) is 29.0 Å². The van der Waals surface area contributed by atoms with Gasteiger partial charge in [0.15, 0.2) is 11.9 Å². The number of aliphatic hydroxyl groups is 3. The van der Waals surface area contributed by atoms with Crippen molar-refractivity contribution in [3.8, 4) is 0 Å². The SMILES string of the molecule is CCCNC(=O)[C@H](O)[C@@]1(O)CC[C@H]2[C@@H]3CCC4=CC(=O)C=C[C@]4(C)[C@H]3C(O)C[C@@]21C. The second-order valence-corrected chi connectivity index (χ2v) is 10.4. The van der Waals surface area contributed by atoms with Crippen molar-refractivity contribution < 1.29 is 24.9 Å². The van der Waals surface area contributed by atoms with Gasteiger partial charge in [-0.25, -0.2) is 0 Å². The average molecular weight is 418 g/mol. The number of hydrogen-bond acceptors (Lipinski definition) is 5. The van der Waals surface area contributed by atoms with Gasteiger partial charge in [-0.15, -0.1) is 0 Å². The number of hydrogen-bond donors (Lipinski definition) is 4. The van der Waals surface area contributed by atoms with Crippen LogP contribution in [0.5, 0.6) is 0 Å². The van der Waals surface area contributed by atoms with Crippen LogP contribution >= 0.6 is 0 Å². The summed E-state index contributed by atoms with van der Waals surface area (Å²) in [4.78, 5) is 24.4. The molecule has 0 bridgehead atoms. The molecule has 3 saturated carbocycles. The lowest BCUT2D eigenvalue weighted by Crippen LogP contribution is -2.64. The molecule has 4 rings (SSSR count). The Morgan fingerprint density at radius 3 is 2.77 bits per heavy atom. The largest absolute Gasteiger partial charge is 0.393 e. The summed E-state index contributed by atoms with van der Waals surface area (Å²) in [6.45, 7) is 6.44. The predicted octanol–water partition coefficient (Wildman–Crippen LogP) is 1.88. The number of carbonyl (C=O) groups excluding carboxylic acids is 2. The predicted molar refractivity (Wildman–Crippen MR) is 112 cm³/mol. The molecule has 0 spiro atoms. The highest BCUT2D eigenvalue weighted by Crippen LogP contribution is 2.67. The molecular weight excluding hydrogens is 382 g/mol. The molecule has 6 nitrogen and oxygen atoms in total. The fraction of sp³-hybridized carbons (Fsp3) is 0.750. The third-order valence-electron chi connectivity index (χ3n) is 8.96. The Morgan fingerprint density at radius 1 is 1.33 bits per heavy atom. The Balaban J connectivity index is 1.66. The van der Waals surface area contributed by atoms with Crippen molar-refractivity contribution in [2.24, 2.45) is 28.6 Å². The minimum absolute atomic E-state index is 0.00696. The number of allylic oxidation sites excluding steroid dienone is 4. The number of amides is 1. The number of rotatable bonds is 4. The zero-order valence-electron chi connectivity index (χ0n) is 18.2. The summed E-state index contributed by atoms with van der Waals surface area (Å²) in [6, 6.07) is 0. The first-order valence-electron chi connectivity index (χ1n) is 11.4. The summed E-state index contributed by atoms with van der Waals surface area (Å²) in [5.74, 6) is -0.291. The smallest absolute Gasteiger partial charge is 0.251 e. The van der Waals surface area contributed by atoms with Gasteiger partial charge in [-0.2, -0.15) is 0 Å². The lowest BCUT2D eigenvalue weighted by molar-refractivity contribution is -0.200. The van der Waals surface area contributed by atoms with Gasteiger partial charge >= 0.3 is 0 Å². The molecule has 166 valence electrons. The molecule has 0 aromatic carbocycles. The number of aliphatic hydroxyl groups excluding tert-OH is 2. The molecule has 4 aliphatic carbocycles. The van der Waals surface area contributed by atoms with Gasteiger partial charge in [0, 0.05) is 23.3 Å². The van der Waals surface area contributed by atoms with Crippen molar-refractivity contribution in [2.45, 2.75) is 77.1 Å². The van der Waals surface area contributed by atoms with Crippen LogP contribution in [0.15, 0.2) is 23.8 Å². The molecule has 0 aromatic rings. The van der Waals surface area contributed by atoms with Crippen LogP contribution in [-0.4, -0.2) is 51.4 Å². The zero-order valence-corrected chi connectivity index (χ0v) is 18.2. The van der Waals surface area contributed by atoms with Crippen LogP contribution in [0.4, 0.5) is 0 Å². The van der Waals surface area contributed by atoms with E-state index in [0.29, 0.717) is 19.4 Å². The van der Waals surface area contributed by atoms with Crippen molar-refractivity contribution in [3.05, 3.63) is 23.8 Å². The van der Waals surface area contributed by atoms with Gasteiger partial charge in [0.25, 0.3) is 5.91 Å². The molecule has 1 amide bonds. The van der Waals surface area contributed by atoms with E-state index in [1.807, 2.05) is 19.9 Å². The maximum atomic E-state index is 12.5. The molecular formula is C24H35NO5. The highest BCUT2D eigenvalue weighted by atomic mass is 16.4. The van der Waals surface area contributed by atoms with Gasteiger partial charge in [-0.05, 0) is 62.5 Å². The maximum absolute atomic E-state index is 12.5. The summed E-state index contributed by atoms with van der Waals surface area (Å²) < 4.78 is 0. The normalized spacial score (nSPS) is 45.8. The summed E-state index contributed by atoms with van der Waals surface area (Å²) in [6.07, 6.45) is 6.90. The lowest BCUT2D eigenvalue weighted by Gasteiger charge is -2.60. The second kappa shape index (κ2) is 7.28. The molecule has 30 heavy (non-hydrogen) atoms. The summed E-state index contributed by atoms with van der Waals surface area (Å²) in [5.41, 5.74) is -1.58. The van der Waals surface area contributed by atoms with Gasteiger partial charge in [-0.3, -0.25) is 9.59 Å². The number of fused-ring (bicyclic) bond motifs is 5. The Bertz CT molecular complexity index is 805. The minimum atomic E-state index is -1.56. The van der Waals surface area contributed by atoms with Gasteiger partial charge in [0.2, 0.25) is 0 Å². The maximum Gasteiger partial charge on any atom is 0.251 e. The van der Waals surface area contributed by atoms with E-state index in [1.54, 1.807) is 12.2 Å². The molecule has 4 N–H and O–H groups in total. The first-order valence-corrected chi connectivity index (χ1v) is 11.4. The van der Waals surface area contributed by atoms with Crippen LogP contribution < -0.4 is 5.32 Å². The van der Waals surface area contributed by atoms with E-state index >= 15 is 0 Å². The van der Waals surface area contributed by atoms with Crippen LogP contribution in [0.25, 0.3) is 0 Å². The standard InChI is InChI=1S/C24H35NO5/c1-4-11-25-21(29)20(28)24(30)10-8-17-16-6-5-14-12-15(26)7-9-22(14,2)19(16)18(27)13-23(17,24)3/h7,9,12,16-20,27-28,30H,4-6,8,10-11,13H2,1-3H3,(H,25,29)/t16-,17-,18?,19+,20-,22-,23-,24-/m0/s1. The van der Waals surface area contributed by atoms with Gasteiger partial charge < -0.3 is 20.6 Å². The summed E-state index contributed by atoms with van der Waals surface area (Å²) in [7, 11) is 0. The van der Waals surface area contributed by atoms with Gasteiger partial charge in [0.1, 0.15) is 5.60 Å². The van der Waals surface area contributed by atoms with Crippen molar-refractivity contribution >= 4 is 11.7 Å². The molecule has 0 aliphatic heterocycles. The molecule has 6 heteroatoms. The molecule has 0 saturated heterocycles. The van der Waals surface area contributed by atoms with Gasteiger partial charge in [0.05, 0.1) is 6.10 Å². The van der Waals surface area contributed by atoms with Crippen molar-refractivity contribution in [1.82, 2.24) is 5.32 Å². The fourth-order valence-electron chi connectivity index (χ4n) is 7.37. The van der Waals surface area contributed by atoms with Crippen LogP contribution in [0.3, 0.4) is 0 Å². The molecule has 4 aliphatic rings. The molecule has 3 fully saturated rings. The van der Waals surface area contributed by atoms with E-state index in [1.165, 1.54) is 0 Å². The summed E-state index contributed by atoms with van der Waals surface area (Å²) in [5, 5.41) is 36.5. The highest BCUT2D eigenvalue weighted by Gasteiger charge is 2.68. The Morgan fingerprint density at radius 2 is 2.07 bits per heavy atom. The molecule has 0 radical (unpaired) electrons. The molecule has 0 heterocycles. The lowest BCUT2D eigenvalue weighted by atomic mass is 9.46. The fourth-order valence-corrected chi connectivity index (χ4v) is 7.37. The van der Waals surface area contributed by atoms with E-state index in [4.69, 9.17) is 0 Å². The van der Waals surface area contributed by atoms with Crippen LogP contribution in [-0.2, 0) is 9.59 Å². The second-order valence-electron chi connectivity index (χ2n) is 10.4. The molecule has 8 atom stereocenters. The quantitative estimate of drug-likeness (QED) is 0.559. The third-order valence-corrected chi connectivity index (χ3v) is 8.96. The first-order chi connectivity index (χ1) is 14.1. The molecule has 0 aromatic heterocycles. The highest BCUT2D eigenvalue weighted by molar-refractivity contribution is 6.01. The van der Waals surface area contributed by atoms with Crippen LogP contribution in [0, 0.1) is 28.6 Å². The Labute approximate surface area is 178 Å². The zero-order chi connectivity index (χ0) is 21.9. The molecule has 1 unspecified atom stereocenters. The number of nitrogens with one attached hydrogen (secondary N) is 1. The first kappa shape index (κ1) is 21.7. The van der Waals surface area contributed by atoms with E-state index in [9.17, 15) is 24.9 Å². The van der Waals surface area contributed by atoms with Crippen LogP contribution in [0.2, 0.25) is 0 Å². The number of carbonyl (C=O) groups is 2. The van der Waals surface area contributed by atoms with E-state index in [0.717, 1.165) is 31.3 Å². The average Bonchev–Trinajstić information content (AvgIpc) is 2.97. The van der Waals surface area contributed by atoms with Crippen molar-refractivity contribution in [1.29, 1.82) is 0 Å². The van der Waals surface area contributed by atoms with E-state index in [2.05, 4.69) is 12.2 Å². The Hall–Kier alpha value is -1.50. The topological polar surface area (TPSA) is 107 Å². The third kappa shape index (κ3) is 2.87. The van der Waals surface area contributed by atoms with E-state index < -0.39 is 29.1 Å².